The molecule has 4 heteroatoms. The van der Waals surface area contributed by atoms with Crippen molar-refractivity contribution < 1.29 is 9.90 Å². The van der Waals surface area contributed by atoms with Crippen molar-refractivity contribution >= 4 is 5.97 Å². The maximum absolute atomic E-state index is 11.5. The van der Waals surface area contributed by atoms with Crippen molar-refractivity contribution in [2.24, 2.45) is 0 Å². The molecule has 1 aliphatic rings. The zero-order valence-corrected chi connectivity index (χ0v) is 12.9. The smallest absolute Gasteiger partial charge is 0.323 e. The minimum absolute atomic E-state index is 0.306. The van der Waals surface area contributed by atoms with Gasteiger partial charge >= 0.3 is 5.97 Å². The van der Waals surface area contributed by atoms with E-state index in [0.29, 0.717) is 18.5 Å². The number of carboxylic acids is 1. The Morgan fingerprint density at radius 3 is 2.74 bits per heavy atom. The fraction of sp³-hybridized carbons (Fsp3) is 0.933. The van der Waals surface area contributed by atoms with E-state index in [2.05, 4.69) is 31.0 Å². The molecule has 0 aliphatic carbocycles. The molecule has 0 amide bonds. The number of rotatable bonds is 7. The van der Waals surface area contributed by atoms with E-state index in [9.17, 15) is 9.90 Å². The van der Waals surface area contributed by atoms with Gasteiger partial charge in [0.1, 0.15) is 5.54 Å². The first-order valence-corrected chi connectivity index (χ1v) is 7.65. The summed E-state index contributed by atoms with van der Waals surface area (Å²) in [5.41, 5.74) is -0.813. The van der Waals surface area contributed by atoms with Crippen LogP contribution in [0.4, 0.5) is 0 Å². The van der Waals surface area contributed by atoms with Gasteiger partial charge in [0, 0.05) is 12.1 Å². The van der Waals surface area contributed by atoms with Crippen molar-refractivity contribution in [1.29, 1.82) is 0 Å². The van der Waals surface area contributed by atoms with E-state index in [1.807, 2.05) is 6.92 Å². The minimum atomic E-state index is -0.813. The molecule has 1 aliphatic heterocycles. The third kappa shape index (κ3) is 4.46. The molecule has 4 nitrogen and oxygen atoms in total. The summed E-state index contributed by atoms with van der Waals surface area (Å²) in [4.78, 5) is 14.0. The van der Waals surface area contributed by atoms with Gasteiger partial charge < -0.3 is 10.4 Å². The summed E-state index contributed by atoms with van der Waals surface area (Å²) in [6.07, 6.45) is 5.38. The molecule has 0 radical (unpaired) electrons. The first kappa shape index (κ1) is 16.4. The fourth-order valence-corrected chi connectivity index (χ4v) is 3.12. The predicted octanol–water partition coefficient (Wildman–Crippen LogP) is 2.48. The number of carbonyl (C=O) groups is 1. The molecule has 0 aromatic carbocycles. The summed E-state index contributed by atoms with van der Waals surface area (Å²) in [7, 11) is 0. The van der Waals surface area contributed by atoms with Gasteiger partial charge in [-0.05, 0) is 59.5 Å². The SMILES string of the molecule is CCCNC(C)(CC(C)N1CCCCC1C)C(=O)O. The van der Waals surface area contributed by atoms with Gasteiger partial charge in [-0.15, -0.1) is 0 Å². The van der Waals surface area contributed by atoms with Gasteiger partial charge in [0.2, 0.25) is 0 Å². The van der Waals surface area contributed by atoms with Crippen molar-refractivity contribution in [3.05, 3.63) is 0 Å². The topological polar surface area (TPSA) is 52.6 Å². The predicted molar refractivity (Wildman–Crippen MR) is 78.4 cm³/mol. The van der Waals surface area contributed by atoms with Crippen LogP contribution in [-0.2, 0) is 4.79 Å². The monoisotopic (exact) mass is 270 g/mol. The highest BCUT2D eigenvalue weighted by molar-refractivity contribution is 5.78. The van der Waals surface area contributed by atoms with Crippen molar-refractivity contribution in [1.82, 2.24) is 10.2 Å². The first-order valence-electron chi connectivity index (χ1n) is 7.65. The highest BCUT2D eigenvalue weighted by Crippen LogP contribution is 2.24. The lowest BCUT2D eigenvalue weighted by molar-refractivity contribution is -0.145. The van der Waals surface area contributed by atoms with Gasteiger partial charge in [-0.2, -0.15) is 0 Å². The molecule has 1 saturated heterocycles. The lowest BCUT2D eigenvalue weighted by Crippen LogP contribution is -2.55. The molecule has 0 bridgehead atoms. The van der Waals surface area contributed by atoms with E-state index in [4.69, 9.17) is 0 Å². The number of likely N-dealkylation sites (tertiary alicyclic amines) is 1. The van der Waals surface area contributed by atoms with Gasteiger partial charge in [-0.25, -0.2) is 0 Å². The Bertz CT molecular complexity index is 296. The van der Waals surface area contributed by atoms with Crippen LogP contribution in [0.3, 0.4) is 0 Å². The van der Waals surface area contributed by atoms with E-state index >= 15 is 0 Å². The van der Waals surface area contributed by atoms with Gasteiger partial charge in [-0.3, -0.25) is 9.69 Å². The van der Waals surface area contributed by atoms with Crippen molar-refractivity contribution in [2.75, 3.05) is 13.1 Å². The minimum Gasteiger partial charge on any atom is -0.480 e. The number of piperidine rings is 1. The normalized spacial score (nSPS) is 25.8. The summed E-state index contributed by atoms with van der Waals surface area (Å²) in [5.74, 6) is -0.738. The van der Waals surface area contributed by atoms with Crippen LogP contribution >= 0.6 is 0 Å². The number of hydrogen-bond donors (Lipinski definition) is 2. The Labute approximate surface area is 117 Å². The number of hydrogen-bond acceptors (Lipinski definition) is 3. The average molecular weight is 270 g/mol. The Morgan fingerprint density at radius 2 is 2.21 bits per heavy atom. The van der Waals surface area contributed by atoms with E-state index in [0.717, 1.165) is 19.5 Å². The first-order chi connectivity index (χ1) is 8.90. The van der Waals surface area contributed by atoms with Crippen LogP contribution in [0.15, 0.2) is 0 Å². The molecule has 1 fully saturated rings. The van der Waals surface area contributed by atoms with E-state index in [-0.39, 0.29) is 0 Å². The molecular weight excluding hydrogens is 240 g/mol. The van der Waals surface area contributed by atoms with Crippen molar-refractivity contribution in [3.63, 3.8) is 0 Å². The molecule has 3 atom stereocenters. The molecule has 3 unspecified atom stereocenters. The van der Waals surface area contributed by atoms with Crippen molar-refractivity contribution in [3.8, 4) is 0 Å². The van der Waals surface area contributed by atoms with Crippen LogP contribution in [0.25, 0.3) is 0 Å². The van der Waals surface area contributed by atoms with E-state index in [1.165, 1.54) is 19.3 Å². The van der Waals surface area contributed by atoms with Crippen LogP contribution in [0.2, 0.25) is 0 Å². The number of nitrogens with one attached hydrogen (secondary N) is 1. The van der Waals surface area contributed by atoms with Gasteiger partial charge in [-0.1, -0.05) is 13.3 Å². The zero-order valence-electron chi connectivity index (χ0n) is 12.9. The Hall–Kier alpha value is -0.610. The molecule has 1 rings (SSSR count). The molecular formula is C15H30N2O2. The maximum atomic E-state index is 11.5. The van der Waals surface area contributed by atoms with Crippen LogP contribution in [0.1, 0.15) is 59.8 Å². The van der Waals surface area contributed by atoms with Crippen LogP contribution in [-0.4, -0.2) is 46.7 Å². The zero-order chi connectivity index (χ0) is 14.5. The molecule has 1 heterocycles. The molecule has 19 heavy (non-hydrogen) atoms. The van der Waals surface area contributed by atoms with Gasteiger partial charge in [0.05, 0.1) is 0 Å². The quantitative estimate of drug-likeness (QED) is 0.746. The highest BCUT2D eigenvalue weighted by atomic mass is 16.4. The molecule has 112 valence electrons. The number of nitrogens with zero attached hydrogens (tertiary/aromatic N) is 1. The summed E-state index contributed by atoms with van der Waals surface area (Å²) in [5, 5.41) is 12.7. The molecule has 0 aromatic heterocycles. The Morgan fingerprint density at radius 1 is 1.53 bits per heavy atom. The van der Waals surface area contributed by atoms with Crippen LogP contribution in [0, 0.1) is 0 Å². The fourth-order valence-electron chi connectivity index (χ4n) is 3.12. The molecule has 0 aromatic rings. The largest absolute Gasteiger partial charge is 0.480 e. The second-order valence-corrected chi connectivity index (χ2v) is 6.20. The van der Waals surface area contributed by atoms with Crippen molar-refractivity contribution in [2.45, 2.75) is 77.4 Å². The number of aliphatic carboxylic acids is 1. The molecule has 0 spiro atoms. The summed E-state index contributed by atoms with van der Waals surface area (Å²) in [6, 6.07) is 0.883. The lowest BCUT2D eigenvalue weighted by Gasteiger charge is -2.41. The second kappa shape index (κ2) is 7.25. The second-order valence-electron chi connectivity index (χ2n) is 6.20. The van der Waals surface area contributed by atoms with Gasteiger partial charge in [0.15, 0.2) is 0 Å². The average Bonchev–Trinajstić information content (AvgIpc) is 2.36. The summed E-state index contributed by atoms with van der Waals surface area (Å²) >= 11 is 0. The number of carboxylic acid groups (broad SMARTS) is 1. The molecule has 2 N–H and O–H groups in total. The van der Waals surface area contributed by atoms with E-state index < -0.39 is 11.5 Å². The Balaban J connectivity index is 2.64. The van der Waals surface area contributed by atoms with Crippen LogP contribution < -0.4 is 5.32 Å². The highest BCUT2D eigenvalue weighted by Gasteiger charge is 2.36. The molecule has 0 saturated carbocycles. The summed E-state index contributed by atoms with van der Waals surface area (Å²) in [6.45, 7) is 10.2. The van der Waals surface area contributed by atoms with Gasteiger partial charge in [0.25, 0.3) is 0 Å². The third-order valence-electron chi connectivity index (χ3n) is 4.36. The third-order valence-corrected chi connectivity index (χ3v) is 4.36. The standard InChI is InChI=1S/C15H30N2O2/c1-5-9-16-15(4,14(18)19)11-13(3)17-10-7-6-8-12(17)2/h12-13,16H,5-11H2,1-4H3,(H,18,19). The Kier molecular flexibility index (Phi) is 6.27. The van der Waals surface area contributed by atoms with E-state index in [1.54, 1.807) is 0 Å². The van der Waals surface area contributed by atoms with Crippen LogP contribution in [0.5, 0.6) is 0 Å². The maximum Gasteiger partial charge on any atom is 0.323 e. The lowest BCUT2D eigenvalue weighted by atomic mass is 9.90. The summed E-state index contributed by atoms with van der Waals surface area (Å²) < 4.78 is 0.